The second-order valence-electron chi connectivity index (χ2n) is 10.2. The van der Waals surface area contributed by atoms with Crippen LogP contribution in [0.4, 0.5) is 10.1 Å². The Morgan fingerprint density at radius 1 is 1.12 bits per heavy atom. The molecule has 2 amide bonds. The van der Waals surface area contributed by atoms with Gasteiger partial charge in [-0.3, -0.25) is 19.8 Å². The molecule has 43 heavy (non-hydrogen) atoms. The van der Waals surface area contributed by atoms with Crippen LogP contribution >= 0.6 is 35.7 Å². The number of pyridine rings is 1. The summed E-state index contributed by atoms with van der Waals surface area (Å²) in [7, 11) is -1.85. The van der Waals surface area contributed by atoms with Crippen molar-refractivity contribution in [2.24, 2.45) is 5.14 Å². The van der Waals surface area contributed by atoms with Gasteiger partial charge in [0.2, 0.25) is 15.5 Å². The van der Waals surface area contributed by atoms with E-state index in [-0.39, 0.29) is 25.1 Å². The number of hydrogen-bond acceptors (Lipinski definition) is 10. The number of amides is 2. The Labute approximate surface area is 259 Å². The summed E-state index contributed by atoms with van der Waals surface area (Å²) in [6.45, 7) is 3.43. The smallest absolute Gasteiger partial charge is 0.285 e. The molecule has 0 aliphatic carbocycles. The van der Waals surface area contributed by atoms with Crippen molar-refractivity contribution in [3.8, 4) is 0 Å². The molecule has 4 heterocycles. The zero-order valence-electron chi connectivity index (χ0n) is 22.7. The number of anilines is 1. The maximum absolute atomic E-state index is 15.6. The number of nitrogens with one attached hydrogen (secondary N) is 1. The normalized spacial score (nSPS) is 18.6. The molecule has 0 atom stereocenters. The molecule has 6 rings (SSSR count). The second kappa shape index (κ2) is 11.3. The number of thioether (sulfide) groups is 2. The minimum Gasteiger partial charge on any atom is -0.366 e. The van der Waals surface area contributed by atoms with Crippen LogP contribution in [0.1, 0.15) is 15.9 Å². The minimum absolute atomic E-state index is 0.0366. The molecule has 3 aromatic rings. The van der Waals surface area contributed by atoms with Crippen LogP contribution in [0.3, 0.4) is 0 Å². The predicted octanol–water partition coefficient (Wildman–Crippen LogP) is 2.19. The summed E-state index contributed by atoms with van der Waals surface area (Å²) in [4.78, 5) is 45.0. The minimum atomic E-state index is -3.87. The van der Waals surface area contributed by atoms with E-state index < -0.39 is 33.1 Å². The van der Waals surface area contributed by atoms with Gasteiger partial charge in [-0.1, -0.05) is 23.9 Å². The average Bonchev–Trinajstić information content (AvgIpc) is 3.22. The summed E-state index contributed by atoms with van der Waals surface area (Å²) in [5.41, 5.74) is 3.13. The number of nitrogens with zero attached hydrogens (tertiary/aromatic N) is 4. The van der Waals surface area contributed by atoms with Crippen molar-refractivity contribution >= 4 is 84.6 Å². The van der Waals surface area contributed by atoms with E-state index in [1.54, 1.807) is 4.57 Å². The van der Waals surface area contributed by atoms with Crippen LogP contribution in [0.5, 0.6) is 0 Å². The van der Waals surface area contributed by atoms with E-state index >= 15 is 4.39 Å². The number of hydrazine groups is 1. The number of thiocarbonyl (C=S) groups is 1. The molecule has 0 saturated carbocycles. The second-order valence-corrected chi connectivity index (χ2v) is 14.6. The van der Waals surface area contributed by atoms with Crippen molar-refractivity contribution in [2.45, 2.75) is 16.3 Å². The van der Waals surface area contributed by atoms with Crippen molar-refractivity contribution in [2.75, 3.05) is 43.9 Å². The van der Waals surface area contributed by atoms with Crippen molar-refractivity contribution in [1.29, 1.82) is 0 Å². The van der Waals surface area contributed by atoms with E-state index in [4.69, 9.17) is 17.4 Å². The number of primary sulfonamides is 1. The molecule has 1 aromatic heterocycles. The first-order valence-electron chi connectivity index (χ1n) is 13.1. The molecule has 2 aromatic carbocycles. The van der Waals surface area contributed by atoms with Gasteiger partial charge in [-0.15, -0.1) is 11.8 Å². The molecule has 3 N–H and O–H groups in total. The van der Waals surface area contributed by atoms with Gasteiger partial charge < -0.3 is 14.4 Å². The quantitative estimate of drug-likeness (QED) is 0.310. The molecular formula is C27H25FN6O5S4. The summed E-state index contributed by atoms with van der Waals surface area (Å²) < 4.78 is 40.5. The Bertz CT molecular complexity index is 1900. The van der Waals surface area contributed by atoms with Gasteiger partial charge in [-0.05, 0) is 49.1 Å². The van der Waals surface area contributed by atoms with E-state index in [1.165, 1.54) is 54.4 Å². The van der Waals surface area contributed by atoms with E-state index in [2.05, 4.69) is 10.3 Å². The highest BCUT2D eigenvalue weighted by Crippen LogP contribution is 2.41. The van der Waals surface area contributed by atoms with Gasteiger partial charge in [-0.25, -0.2) is 17.9 Å². The molecule has 2 fully saturated rings. The third kappa shape index (κ3) is 5.58. The molecule has 0 spiro atoms. The molecule has 16 heteroatoms. The lowest BCUT2D eigenvalue weighted by molar-refractivity contribution is -0.123. The fourth-order valence-corrected chi connectivity index (χ4v) is 8.08. The van der Waals surface area contributed by atoms with Crippen molar-refractivity contribution < 1.29 is 22.4 Å². The van der Waals surface area contributed by atoms with Gasteiger partial charge in [0.05, 0.1) is 31.3 Å². The molecule has 11 nitrogen and oxygen atoms in total. The lowest BCUT2D eigenvalue weighted by Gasteiger charge is -2.36. The topological polar surface area (TPSA) is 138 Å². The summed E-state index contributed by atoms with van der Waals surface area (Å²) >= 11 is 7.74. The molecular weight excluding hydrogens is 636 g/mol. The summed E-state index contributed by atoms with van der Waals surface area (Å²) in [5.74, 6) is -1.35. The Morgan fingerprint density at radius 3 is 2.49 bits per heavy atom. The van der Waals surface area contributed by atoms with Crippen LogP contribution < -0.4 is 20.9 Å². The number of halogens is 1. The fraction of sp³-hybridized carbons (Fsp3) is 0.259. The fourth-order valence-electron chi connectivity index (χ4n) is 5.17. The van der Waals surface area contributed by atoms with Crippen molar-refractivity contribution in [1.82, 2.24) is 19.9 Å². The lowest BCUT2D eigenvalue weighted by atomic mass is 10.1. The van der Waals surface area contributed by atoms with Crippen molar-refractivity contribution in [3.05, 3.63) is 68.6 Å². The van der Waals surface area contributed by atoms with Crippen LogP contribution in [-0.4, -0.2) is 78.0 Å². The Morgan fingerprint density at radius 2 is 1.81 bits per heavy atom. The zero-order chi connectivity index (χ0) is 30.6. The molecule has 3 aliphatic rings. The molecule has 0 unspecified atom stereocenters. The Kier molecular flexibility index (Phi) is 7.85. The first-order valence-corrected chi connectivity index (χ1v) is 16.9. The standard InChI is InChI=1S/C27H25FN6O5S4/c1-31-6-8-32(9-7-31)22-19(28)13-17-21-24(22)41-11-10-33(21)14-18(23(17)35)25(36)30-34-26(37)20(42-27(34)40)12-15-2-4-16(5-3-15)43(29,38)39/h2-5,12-14H,6-11H2,1H3,(H,30,36)(H2,29,38,39)/b20-12-. The number of carbonyl (C=O) groups excluding carboxylic acids is 2. The van der Waals surface area contributed by atoms with E-state index in [9.17, 15) is 22.8 Å². The summed E-state index contributed by atoms with van der Waals surface area (Å²) in [6.07, 6.45) is 2.95. The van der Waals surface area contributed by atoms with Gasteiger partial charge in [0.1, 0.15) is 11.4 Å². The molecule has 0 radical (unpaired) electrons. The SMILES string of the molecule is CN1CCN(c2c(F)cc3c(=O)c(C(=O)NN4C(=O)/C(=C/c5ccc(S(N)(=O)=O)cc5)SC4=S)cn4c3c2SCC4)CC1. The monoisotopic (exact) mass is 660 g/mol. The number of aryl methyl sites for hydroxylation is 1. The van der Waals surface area contributed by atoms with Gasteiger partial charge in [-0.2, -0.15) is 5.01 Å². The van der Waals surface area contributed by atoms with E-state index in [0.717, 1.165) is 29.9 Å². The highest BCUT2D eigenvalue weighted by Gasteiger charge is 2.35. The van der Waals surface area contributed by atoms with Gasteiger partial charge in [0.25, 0.3) is 11.8 Å². The highest BCUT2D eigenvalue weighted by molar-refractivity contribution is 8.26. The van der Waals surface area contributed by atoms with Crippen molar-refractivity contribution in [3.63, 3.8) is 0 Å². The van der Waals surface area contributed by atoms with Gasteiger partial charge >= 0.3 is 0 Å². The molecule has 0 bridgehead atoms. The van der Waals surface area contributed by atoms with E-state index in [0.29, 0.717) is 47.1 Å². The van der Waals surface area contributed by atoms with Gasteiger partial charge in [0.15, 0.2) is 4.32 Å². The summed E-state index contributed by atoms with van der Waals surface area (Å²) in [5, 5.41) is 6.11. The first-order chi connectivity index (χ1) is 20.4. The maximum Gasteiger partial charge on any atom is 0.285 e. The van der Waals surface area contributed by atoms with Gasteiger partial charge in [0, 0.05) is 44.7 Å². The number of rotatable bonds is 5. The molecule has 224 valence electrons. The summed E-state index contributed by atoms with van der Waals surface area (Å²) in [6, 6.07) is 6.78. The zero-order valence-corrected chi connectivity index (χ0v) is 26.0. The number of sulfonamides is 1. The number of carbonyl (C=O) groups is 2. The average molecular weight is 661 g/mol. The third-order valence-electron chi connectivity index (χ3n) is 7.40. The number of piperazine rings is 1. The maximum atomic E-state index is 15.6. The van der Waals surface area contributed by atoms with Crippen LogP contribution in [0, 0.1) is 5.82 Å². The molecule has 3 aliphatic heterocycles. The third-order valence-corrected chi connectivity index (χ3v) is 10.7. The van der Waals surface area contributed by atoms with Crippen LogP contribution in [-0.2, 0) is 21.4 Å². The lowest BCUT2D eigenvalue weighted by Crippen LogP contribution is -2.46. The number of hydrogen-bond donors (Lipinski definition) is 2. The predicted molar refractivity (Wildman–Crippen MR) is 169 cm³/mol. The van der Waals surface area contributed by atoms with Crippen LogP contribution in [0.2, 0.25) is 0 Å². The largest absolute Gasteiger partial charge is 0.366 e. The number of benzene rings is 2. The Balaban J connectivity index is 1.29. The van der Waals surface area contributed by atoms with E-state index in [1.807, 2.05) is 11.9 Å². The molecule has 2 saturated heterocycles. The Hall–Kier alpha value is -3.28. The number of nitrogens with two attached hydrogens (primary N) is 1. The number of aromatic nitrogens is 1. The first kappa shape index (κ1) is 29.8. The number of likely N-dealkylation sites (N-methyl/N-ethyl adjacent to an activating group) is 1. The highest BCUT2D eigenvalue weighted by atomic mass is 32.2. The van der Waals surface area contributed by atoms with Crippen LogP contribution in [0.15, 0.2) is 56.0 Å². The van der Waals surface area contributed by atoms with Crippen LogP contribution in [0.25, 0.3) is 17.0 Å².